The number of benzene rings is 2. The van der Waals surface area contributed by atoms with Crippen LogP contribution in [-0.2, 0) is 9.53 Å². The second kappa shape index (κ2) is 9.11. The van der Waals surface area contributed by atoms with Crippen LogP contribution >= 0.6 is 11.6 Å². The second-order valence-corrected chi connectivity index (χ2v) is 6.23. The van der Waals surface area contributed by atoms with Gasteiger partial charge in [0.1, 0.15) is 0 Å². The lowest BCUT2D eigenvalue weighted by Gasteiger charge is -2.14. The number of halogens is 1. The van der Waals surface area contributed by atoms with E-state index in [9.17, 15) is 9.59 Å². The van der Waals surface area contributed by atoms with Gasteiger partial charge in [-0.1, -0.05) is 11.6 Å². The SMILES string of the molecule is COC(=O)COc1ccc(C(=O)Nc2cc(Cl)ccc2-n2cccn2)cc1OC. The standard InChI is InChI=1S/C20H18ClN3O5/c1-27-18-10-13(4-7-17(18)29-12-19(25)28-2)20(26)23-15-11-14(21)5-6-16(15)24-9-3-8-22-24/h3-11H,12H2,1-2H3,(H,23,26). The summed E-state index contributed by atoms with van der Waals surface area (Å²) in [6.45, 7) is -0.270. The minimum Gasteiger partial charge on any atom is -0.493 e. The van der Waals surface area contributed by atoms with Crippen LogP contribution in [0.4, 0.5) is 5.69 Å². The van der Waals surface area contributed by atoms with Crippen LogP contribution in [0.25, 0.3) is 5.69 Å². The van der Waals surface area contributed by atoms with Crippen molar-refractivity contribution in [3.8, 4) is 17.2 Å². The van der Waals surface area contributed by atoms with Crippen LogP contribution < -0.4 is 14.8 Å². The van der Waals surface area contributed by atoms with Gasteiger partial charge in [0.2, 0.25) is 0 Å². The van der Waals surface area contributed by atoms with E-state index in [-0.39, 0.29) is 12.5 Å². The average molecular weight is 416 g/mol. The van der Waals surface area contributed by atoms with Crippen LogP contribution in [0.5, 0.6) is 11.5 Å². The minimum atomic E-state index is -0.527. The molecule has 9 heteroatoms. The van der Waals surface area contributed by atoms with Crippen molar-refractivity contribution >= 4 is 29.2 Å². The molecule has 8 nitrogen and oxygen atoms in total. The topological polar surface area (TPSA) is 91.7 Å². The molecule has 150 valence electrons. The Balaban J connectivity index is 1.83. The average Bonchev–Trinajstić information content (AvgIpc) is 3.26. The molecule has 29 heavy (non-hydrogen) atoms. The lowest BCUT2D eigenvalue weighted by Crippen LogP contribution is -2.15. The van der Waals surface area contributed by atoms with Gasteiger partial charge in [-0.05, 0) is 42.5 Å². The maximum Gasteiger partial charge on any atom is 0.343 e. The van der Waals surface area contributed by atoms with Gasteiger partial charge in [0.15, 0.2) is 18.1 Å². The number of carbonyl (C=O) groups excluding carboxylic acids is 2. The Morgan fingerprint density at radius 2 is 1.97 bits per heavy atom. The summed E-state index contributed by atoms with van der Waals surface area (Å²) in [5.74, 6) is -0.283. The highest BCUT2D eigenvalue weighted by Gasteiger charge is 2.15. The van der Waals surface area contributed by atoms with Crippen molar-refractivity contribution in [1.82, 2.24) is 9.78 Å². The summed E-state index contributed by atoms with van der Waals surface area (Å²) >= 11 is 6.09. The number of nitrogens with zero attached hydrogens (tertiary/aromatic N) is 2. The molecule has 0 unspecified atom stereocenters. The first-order chi connectivity index (χ1) is 14.0. The van der Waals surface area contributed by atoms with Gasteiger partial charge in [0, 0.05) is 23.0 Å². The largest absolute Gasteiger partial charge is 0.493 e. The number of anilines is 1. The Hall–Kier alpha value is -3.52. The Morgan fingerprint density at radius 1 is 1.14 bits per heavy atom. The number of aromatic nitrogens is 2. The molecule has 0 spiro atoms. The maximum absolute atomic E-state index is 12.8. The number of esters is 1. The minimum absolute atomic E-state index is 0.270. The molecule has 0 bridgehead atoms. The van der Waals surface area contributed by atoms with Gasteiger partial charge in [-0.2, -0.15) is 5.10 Å². The van der Waals surface area contributed by atoms with E-state index in [0.29, 0.717) is 33.5 Å². The molecular formula is C20H18ClN3O5. The van der Waals surface area contributed by atoms with Crippen LogP contribution in [0.3, 0.4) is 0 Å². The van der Waals surface area contributed by atoms with Crippen LogP contribution in [0.2, 0.25) is 5.02 Å². The zero-order chi connectivity index (χ0) is 20.8. The lowest BCUT2D eigenvalue weighted by atomic mass is 10.1. The fourth-order valence-electron chi connectivity index (χ4n) is 2.54. The monoisotopic (exact) mass is 415 g/mol. The van der Waals surface area contributed by atoms with E-state index >= 15 is 0 Å². The normalized spacial score (nSPS) is 10.3. The second-order valence-electron chi connectivity index (χ2n) is 5.80. The van der Waals surface area contributed by atoms with Gasteiger partial charge in [0.25, 0.3) is 5.91 Å². The smallest absolute Gasteiger partial charge is 0.343 e. The fourth-order valence-corrected chi connectivity index (χ4v) is 2.71. The van der Waals surface area contributed by atoms with Crippen molar-refractivity contribution in [2.45, 2.75) is 0 Å². The molecule has 0 aliphatic heterocycles. The molecule has 0 radical (unpaired) electrons. The third-order valence-electron chi connectivity index (χ3n) is 3.96. The number of methoxy groups -OCH3 is 2. The highest BCUT2D eigenvalue weighted by atomic mass is 35.5. The van der Waals surface area contributed by atoms with Gasteiger partial charge in [-0.15, -0.1) is 0 Å². The lowest BCUT2D eigenvalue weighted by molar-refractivity contribution is -0.142. The number of carbonyl (C=O) groups is 2. The molecule has 1 heterocycles. The summed E-state index contributed by atoms with van der Waals surface area (Å²) < 4.78 is 16.8. The third-order valence-corrected chi connectivity index (χ3v) is 4.19. The van der Waals surface area contributed by atoms with E-state index in [0.717, 1.165) is 0 Å². The van der Waals surface area contributed by atoms with Gasteiger partial charge >= 0.3 is 5.97 Å². The molecule has 3 rings (SSSR count). The Bertz CT molecular complexity index is 1020. The van der Waals surface area contributed by atoms with E-state index in [1.807, 2.05) is 0 Å². The van der Waals surface area contributed by atoms with Gasteiger partial charge in [0.05, 0.1) is 25.6 Å². The number of amides is 1. The van der Waals surface area contributed by atoms with Crippen molar-refractivity contribution in [2.75, 3.05) is 26.1 Å². The molecular weight excluding hydrogens is 398 g/mol. The number of rotatable bonds is 7. The summed E-state index contributed by atoms with van der Waals surface area (Å²) in [5, 5.41) is 7.49. The third kappa shape index (κ3) is 4.85. The molecule has 3 aromatic rings. The van der Waals surface area contributed by atoms with Crippen molar-refractivity contribution in [2.24, 2.45) is 0 Å². The summed E-state index contributed by atoms with van der Waals surface area (Å²) in [4.78, 5) is 24.0. The Labute approximate surface area is 171 Å². The van der Waals surface area contributed by atoms with Crippen LogP contribution in [-0.4, -0.2) is 42.5 Å². The quantitative estimate of drug-likeness (QED) is 0.595. The highest BCUT2D eigenvalue weighted by Crippen LogP contribution is 2.29. The molecule has 2 aromatic carbocycles. The fraction of sp³-hybridized carbons (Fsp3) is 0.150. The molecule has 1 amide bonds. The van der Waals surface area contributed by atoms with Crippen molar-refractivity contribution < 1.29 is 23.8 Å². The van der Waals surface area contributed by atoms with Crippen LogP contribution in [0, 0.1) is 0 Å². The zero-order valence-electron chi connectivity index (χ0n) is 15.7. The molecule has 0 aliphatic rings. The van der Waals surface area contributed by atoms with Gasteiger partial charge in [-0.3, -0.25) is 4.79 Å². The Morgan fingerprint density at radius 3 is 2.66 bits per heavy atom. The Kier molecular flexibility index (Phi) is 6.36. The summed E-state index contributed by atoms with van der Waals surface area (Å²) in [5.41, 5.74) is 1.49. The zero-order valence-corrected chi connectivity index (χ0v) is 16.5. The number of nitrogens with one attached hydrogen (secondary N) is 1. The molecule has 0 saturated heterocycles. The summed E-state index contributed by atoms with van der Waals surface area (Å²) in [6.07, 6.45) is 3.40. The first-order valence-electron chi connectivity index (χ1n) is 8.50. The van der Waals surface area contributed by atoms with E-state index in [2.05, 4.69) is 15.2 Å². The number of hydrogen-bond acceptors (Lipinski definition) is 6. The first kappa shape index (κ1) is 20.2. The highest BCUT2D eigenvalue weighted by molar-refractivity contribution is 6.31. The van der Waals surface area contributed by atoms with Gasteiger partial charge < -0.3 is 19.5 Å². The molecule has 1 N–H and O–H groups in total. The van der Waals surface area contributed by atoms with E-state index < -0.39 is 5.97 Å². The van der Waals surface area contributed by atoms with Gasteiger partial charge in [-0.25, -0.2) is 9.48 Å². The molecule has 0 saturated carbocycles. The van der Waals surface area contributed by atoms with E-state index in [1.54, 1.807) is 53.5 Å². The van der Waals surface area contributed by atoms with E-state index in [1.165, 1.54) is 20.3 Å². The van der Waals surface area contributed by atoms with Crippen molar-refractivity contribution in [3.05, 3.63) is 65.4 Å². The predicted octanol–water partition coefficient (Wildman–Crippen LogP) is 3.34. The molecule has 0 aliphatic carbocycles. The predicted molar refractivity (Wildman–Crippen MR) is 107 cm³/mol. The number of hydrogen-bond donors (Lipinski definition) is 1. The number of ether oxygens (including phenoxy) is 3. The molecule has 1 aromatic heterocycles. The molecule has 0 fully saturated rings. The maximum atomic E-state index is 12.8. The molecule has 0 atom stereocenters. The first-order valence-corrected chi connectivity index (χ1v) is 8.88. The summed E-state index contributed by atoms with van der Waals surface area (Å²) in [6, 6.07) is 11.5. The van der Waals surface area contributed by atoms with Crippen molar-refractivity contribution in [1.29, 1.82) is 0 Å². The van der Waals surface area contributed by atoms with Crippen molar-refractivity contribution in [3.63, 3.8) is 0 Å². The van der Waals surface area contributed by atoms with E-state index in [4.69, 9.17) is 21.1 Å². The van der Waals surface area contributed by atoms with Crippen LogP contribution in [0.1, 0.15) is 10.4 Å². The van der Waals surface area contributed by atoms with Crippen LogP contribution in [0.15, 0.2) is 54.9 Å². The summed E-state index contributed by atoms with van der Waals surface area (Å²) in [7, 11) is 2.71.